The molecule has 0 aromatic carbocycles. The summed E-state index contributed by atoms with van der Waals surface area (Å²) in [5.41, 5.74) is 2.04. The van der Waals surface area contributed by atoms with Gasteiger partial charge in [-0.3, -0.25) is 0 Å². The Morgan fingerprint density at radius 2 is 2.28 bits per heavy atom. The molecule has 0 aliphatic heterocycles. The lowest BCUT2D eigenvalue weighted by atomic mass is 10.3. The molecule has 0 saturated heterocycles. The molecule has 0 bridgehead atoms. The molecule has 0 atom stereocenters. The minimum Gasteiger partial charge on any atom is -0.365 e. The van der Waals surface area contributed by atoms with E-state index in [1.54, 1.807) is 17.7 Å². The standard InChI is InChI=1S/C12H11BrN4S/c1-8-4-11(17-12(5-8)15-7-16-17)14-6-9-2-3-10(13)18-9/h2-5,7,14H,6H2,1H3. The van der Waals surface area contributed by atoms with Crippen LogP contribution in [-0.2, 0) is 6.54 Å². The zero-order valence-electron chi connectivity index (χ0n) is 9.72. The number of rotatable bonds is 3. The third kappa shape index (κ3) is 2.26. The minimum absolute atomic E-state index is 0.786. The maximum absolute atomic E-state index is 4.21. The highest BCUT2D eigenvalue weighted by atomic mass is 79.9. The number of pyridine rings is 1. The fourth-order valence-electron chi connectivity index (χ4n) is 1.81. The second-order valence-corrected chi connectivity index (χ2v) is 6.55. The second kappa shape index (κ2) is 4.70. The first-order chi connectivity index (χ1) is 8.72. The van der Waals surface area contributed by atoms with Gasteiger partial charge in [0.2, 0.25) is 0 Å². The summed E-state index contributed by atoms with van der Waals surface area (Å²) in [5, 5.41) is 7.61. The number of nitrogens with zero attached hydrogens (tertiary/aromatic N) is 3. The third-order valence-electron chi connectivity index (χ3n) is 2.60. The Morgan fingerprint density at radius 1 is 1.39 bits per heavy atom. The van der Waals surface area contributed by atoms with Gasteiger partial charge in [0.1, 0.15) is 12.1 Å². The van der Waals surface area contributed by atoms with Crippen molar-refractivity contribution in [2.24, 2.45) is 0 Å². The molecule has 3 aromatic heterocycles. The average molecular weight is 323 g/mol. The van der Waals surface area contributed by atoms with Gasteiger partial charge in [-0.2, -0.15) is 9.61 Å². The van der Waals surface area contributed by atoms with E-state index >= 15 is 0 Å². The number of anilines is 1. The van der Waals surface area contributed by atoms with Gasteiger partial charge in [-0.05, 0) is 52.7 Å². The normalized spacial score (nSPS) is 11.0. The van der Waals surface area contributed by atoms with E-state index in [1.807, 2.05) is 10.6 Å². The Labute approximate surface area is 117 Å². The largest absolute Gasteiger partial charge is 0.365 e. The fraction of sp³-hybridized carbons (Fsp3) is 0.167. The predicted octanol–water partition coefficient (Wildman–Crippen LogP) is 3.47. The van der Waals surface area contributed by atoms with Crippen LogP contribution in [0.5, 0.6) is 0 Å². The molecule has 0 aliphatic carbocycles. The maximum Gasteiger partial charge on any atom is 0.157 e. The SMILES string of the molecule is Cc1cc(NCc2ccc(Br)s2)n2ncnc2c1. The van der Waals surface area contributed by atoms with Crippen LogP contribution in [0.1, 0.15) is 10.4 Å². The number of fused-ring (bicyclic) bond motifs is 1. The van der Waals surface area contributed by atoms with E-state index in [2.05, 4.69) is 56.5 Å². The predicted molar refractivity (Wildman–Crippen MR) is 77.1 cm³/mol. The molecule has 3 aromatic rings. The van der Waals surface area contributed by atoms with E-state index in [-0.39, 0.29) is 0 Å². The lowest BCUT2D eigenvalue weighted by Gasteiger charge is -2.07. The average Bonchev–Trinajstić information content (AvgIpc) is 2.94. The van der Waals surface area contributed by atoms with Crippen LogP contribution < -0.4 is 5.32 Å². The summed E-state index contributed by atoms with van der Waals surface area (Å²) in [6.07, 6.45) is 1.57. The van der Waals surface area contributed by atoms with Gasteiger partial charge in [0.05, 0.1) is 10.3 Å². The van der Waals surface area contributed by atoms with E-state index in [0.29, 0.717) is 0 Å². The van der Waals surface area contributed by atoms with Crippen LogP contribution in [0, 0.1) is 6.92 Å². The quantitative estimate of drug-likeness (QED) is 0.802. The van der Waals surface area contributed by atoms with Gasteiger partial charge < -0.3 is 5.32 Å². The summed E-state index contributed by atoms with van der Waals surface area (Å²) in [6, 6.07) is 8.25. The molecular formula is C12H11BrN4S. The molecule has 3 rings (SSSR count). The minimum atomic E-state index is 0.786. The zero-order valence-corrected chi connectivity index (χ0v) is 12.1. The topological polar surface area (TPSA) is 42.2 Å². The molecule has 1 N–H and O–H groups in total. The molecule has 4 nitrogen and oxygen atoms in total. The highest BCUT2D eigenvalue weighted by Gasteiger charge is 2.04. The smallest absolute Gasteiger partial charge is 0.157 e. The first kappa shape index (κ1) is 11.7. The summed E-state index contributed by atoms with van der Waals surface area (Å²) in [5.74, 6) is 0.965. The summed E-state index contributed by atoms with van der Waals surface area (Å²) >= 11 is 5.19. The Kier molecular flexibility index (Phi) is 3.05. The molecule has 0 amide bonds. The second-order valence-electron chi connectivity index (χ2n) is 4.01. The van der Waals surface area contributed by atoms with Gasteiger partial charge in [0, 0.05) is 4.88 Å². The number of nitrogens with one attached hydrogen (secondary N) is 1. The number of aromatic nitrogens is 3. The van der Waals surface area contributed by atoms with Crippen LogP contribution in [-0.4, -0.2) is 14.6 Å². The van der Waals surface area contributed by atoms with E-state index in [1.165, 1.54) is 10.4 Å². The third-order valence-corrected chi connectivity index (χ3v) is 4.22. The molecule has 0 spiro atoms. The van der Waals surface area contributed by atoms with Crippen molar-refractivity contribution in [3.63, 3.8) is 0 Å². The van der Waals surface area contributed by atoms with Gasteiger partial charge in [-0.15, -0.1) is 11.3 Å². The van der Waals surface area contributed by atoms with Crippen molar-refractivity contribution < 1.29 is 0 Å². The Bertz CT molecular complexity index is 688. The molecule has 6 heteroatoms. The van der Waals surface area contributed by atoms with Gasteiger partial charge in [-0.25, -0.2) is 4.98 Å². The Balaban J connectivity index is 1.87. The molecule has 3 heterocycles. The molecule has 0 aliphatic rings. The first-order valence-corrected chi connectivity index (χ1v) is 7.12. The maximum atomic E-state index is 4.21. The van der Waals surface area contributed by atoms with Gasteiger partial charge in [0.15, 0.2) is 5.65 Å². The van der Waals surface area contributed by atoms with E-state index < -0.39 is 0 Å². The summed E-state index contributed by atoms with van der Waals surface area (Å²) in [7, 11) is 0. The van der Waals surface area contributed by atoms with Gasteiger partial charge >= 0.3 is 0 Å². The monoisotopic (exact) mass is 322 g/mol. The fourth-order valence-corrected chi connectivity index (χ4v) is 3.23. The highest BCUT2D eigenvalue weighted by Crippen LogP contribution is 2.23. The van der Waals surface area contributed by atoms with E-state index in [4.69, 9.17) is 0 Å². The van der Waals surface area contributed by atoms with Crippen LogP contribution in [0.2, 0.25) is 0 Å². The first-order valence-electron chi connectivity index (χ1n) is 5.51. The van der Waals surface area contributed by atoms with Crippen LogP contribution in [0.15, 0.2) is 34.4 Å². The zero-order chi connectivity index (χ0) is 12.5. The Hall–Kier alpha value is -1.40. The number of hydrogen-bond acceptors (Lipinski definition) is 4. The highest BCUT2D eigenvalue weighted by molar-refractivity contribution is 9.11. The van der Waals surface area contributed by atoms with Crippen molar-refractivity contribution in [1.82, 2.24) is 14.6 Å². The summed E-state index contributed by atoms with van der Waals surface area (Å²) in [4.78, 5) is 5.48. The Morgan fingerprint density at radius 3 is 3.06 bits per heavy atom. The van der Waals surface area contributed by atoms with Crippen molar-refractivity contribution in [2.45, 2.75) is 13.5 Å². The summed E-state index contributed by atoms with van der Waals surface area (Å²) in [6.45, 7) is 2.84. The number of halogens is 1. The van der Waals surface area contributed by atoms with Crippen molar-refractivity contribution in [1.29, 1.82) is 0 Å². The van der Waals surface area contributed by atoms with Crippen molar-refractivity contribution in [3.8, 4) is 0 Å². The molecule has 0 unspecified atom stereocenters. The van der Waals surface area contributed by atoms with Gasteiger partial charge in [-0.1, -0.05) is 0 Å². The van der Waals surface area contributed by atoms with Crippen molar-refractivity contribution in [2.75, 3.05) is 5.32 Å². The van der Waals surface area contributed by atoms with Crippen molar-refractivity contribution in [3.05, 3.63) is 44.8 Å². The molecular weight excluding hydrogens is 312 g/mol. The van der Waals surface area contributed by atoms with Gasteiger partial charge in [0.25, 0.3) is 0 Å². The van der Waals surface area contributed by atoms with Crippen LogP contribution in [0.4, 0.5) is 5.82 Å². The molecule has 0 radical (unpaired) electrons. The van der Waals surface area contributed by atoms with E-state index in [0.717, 1.165) is 21.8 Å². The number of thiophene rings is 1. The van der Waals surface area contributed by atoms with Crippen LogP contribution in [0.3, 0.4) is 0 Å². The molecule has 92 valence electrons. The molecule has 0 fully saturated rings. The molecule has 0 saturated carbocycles. The number of aryl methyl sites for hydroxylation is 1. The van der Waals surface area contributed by atoms with Crippen LogP contribution in [0.25, 0.3) is 5.65 Å². The number of hydrogen-bond donors (Lipinski definition) is 1. The van der Waals surface area contributed by atoms with Crippen LogP contribution >= 0.6 is 27.3 Å². The van der Waals surface area contributed by atoms with E-state index in [9.17, 15) is 0 Å². The molecule has 18 heavy (non-hydrogen) atoms. The summed E-state index contributed by atoms with van der Waals surface area (Å²) < 4.78 is 2.96. The lowest BCUT2D eigenvalue weighted by Crippen LogP contribution is -2.04. The van der Waals surface area contributed by atoms with Crippen molar-refractivity contribution >= 4 is 38.7 Å². The lowest BCUT2D eigenvalue weighted by molar-refractivity contribution is 0.944.